The van der Waals surface area contributed by atoms with E-state index in [9.17, 15) is 9.90 Å². The van der Waals surface area contributed by atoms with Crippen LogP contribution in [0.15, 0.2) is 23.3 Å². The number of ketones is 1. The van der Waals surface area contributed by atoms with Crippen LogP contribution in [0.1, 0.15) is 73.1 Å². The summed E-state index contributed by atoms with van der Waals surface area (Å²) in [5.41, 5.74) is 2.55. The number of carbonyl (C=O) groups excluding carboxylic acids is 1. The van der Waals surface area contributed by atoms with Crippen LogP contribution in [0, 0.1) is 5.92 Å². The third kappa shape index (κ3) is 12.2. The smallest absolute Gasteiger partial charge is 0.137 e. The maximum Gasteiger partial charge on any atom is 0.137 e. The van der Waals surface area contributed by atoms with E-state index in [2.05, 4.69) is 32.9 Å². The van der Waals surface area contributed by atoms with E-state index in [0.29, 0.717) is 24.5 Å². The molecule has 0 bridgehead atoms. The topological polar surface area (TPSA) is 37.3 Å². The van der Waals surface area contributed by atoms with Crippen LogP contribution in [-0.4, -0.2) is 17.0 Å². The van der Waals surface area contributed by atoms with Crippen molar-refractivity contribution in [1.29, 1.82) is 0 Å². The number of hydrogen-bond acceptors (Lipinski definition) is 2. The molecule has 0 fully saturated rings. The first kappa shape index (κ1) is 19.1. The van der Waals surface area contributed by atoms with Crippen molar-refractivity contribution in [3.63, 3.8) is 0 Å². The van der Waals surface area contributed by atoms with Gasteiger partial charge in [0.15, 0.2) is 0 Å². The normalized spacial score (nSPS) is 14.8. The average molecular weight is 280 g/mol. The van der Waals surface area contributed by atoms with Gasteiger partial charge in [-0.05, 0) is 52.4 Å². The monoisotopic (exact) mass is 280 g/mol. The third-order valence-electron chi connectivity index (χ3n) is 3.22. The first-order chi connectivity index (χ1) is 9.31. The van der Waals surface area contributed by atoms with Gasteiger partial charge in [0.25, 0.3) is 0 Å². The highest BCUT2D eigenvalue weighted by molar-refractivity contribution is 5.80. The van der Waals surface area contributed by atoms with Crippen LogP contribution in [0.25, 0.3) is 0 Å². The number of rotatable bonds is 10. The summed E-state index contributed by atoms with van der Waals surface area (Å²) >= 11 is 0. The fourth-order valence-electron chi connectivity index (χ4n) is 2.13. The van der Waals surface area contributed by atoms with E-state index in [4.69, 9.17) is 0 Å². The summed E-state index contributed by atoms with van der Waals surface area (Å²) in [6, 6.07) is 0. The molecular weight excluding hydrogens is 248 g/mol. The van der Waals surface area contributed by atoms with E-state index in [1.165, 1.54) is 11.1 Å². The van der Waals surface area contributed by atoms with E-state index in [-0.39, 0.29) is 6.10 Å². The summed E-state index contributed by atoms with van der Waals surface area (Å²) in [4.78, 5) is 11.7. The molecule has 0 heterocycles. The Bertz CT molecular complexity index is 335. The zero-order valence-electron chi connectivity index (χ0n) is 13.9. The molecule has 0 rings (SSSR count). The number of aliphatic hydroxyl groups is 1. The Morgan fingerprint density at radius 1 is 1.05 bits per heavy atom. The fraction of sp³-hybridized carbons (Fsp3) is 0.722. The Morgan fingerprint density at radius 2 is 1.65 bits per heavy atom. The molecule has 1 N–H and O–H groups in total. The van der Waals surface area contributed by atoms with Gasteiger partial charge in [-0.25, -0.2) is 0 Å². The molecule has 0 aliphatic heterocycles. The number of aliphatic hydroxyl groups excluding tert-OH is 1. The maximum absolute atomic E-state index is 11.7. The lowest BCUT2D eigenvalue weighted by molar-refractivity contribution is -0.119. The zero-order chi connectivity index (χ0) is 15.5. The van der Waals surface area contributed by atoms with Crippen molar-refractivity contribution < 1.29 is 9.90 Å². The van der Waals surface area contributed by atoms with E-state index in [1.807, 2.05) is 13.8 Å². The molecule has 0 aromatic heterocycles. The van der Waals surface area contributed by atoms with Gasteiger partial charge < -0.3 is 5.11 Å². The Labute approximate surface area is 125 Å². The minimum atomic E-state index is -0.215. The van der Waals surface area contributed by atoms with E-state index < -0.39 is 0 Å². The fourth-order valence-corrected chi connectivity index (χ4v) is 2.13. The van der Waals surface area contributed by atoms with Crippen LogP contribution >= 0.6 is 0 Å². The lowest BCUT2D eigenvalue weighted by Gasteiger charge is -2.05. The molecule has 20 heavy (non-hydrogen) atoms. The number of carbonyl (C=O) groups is 1. The first-order valence-electron chi connectivity index (χ1n) is 7.82. The highest BCUT2D eigenvalue weighted by Crippen LogP contribution is 2.12. The highest BCUT2D eigenvalue weighted by Gasteiger charge is 2.05. The van der Waals surface area contributed by atoms with Crippen LogP contribution in [0.5, 0.6) is 0 Å². The summed E-state index contributed by atoms with van der Waals surface area (Å²) in [6.45, 7) is 10.2. The Balaban J connectivity index is 3.95. The van der Waals surface area contributed by atoms with Gasteiger partial charge in [0.05, 0.1) is 6.10 Å². The number of Topliss-reactive ketones (excluding diaryl/α,β-unsaturated/α-hetero) is 1. The molecule has 2 nitrogen and oxygen atoms in total. The quantitative estimate of drug-likeness (QED) is 0.582. The summed E-state index contributed by atoms with van der Waals surface area (Å²) in [5, 5.41) is 9.19. The molecule has 1 unspecified atom stereocenters. The Hall–Kier alpha value is -0.890. The van der Waals surface area contributed by atoms with Gasteiger partial charge >= 0.3 is 0 Å². The zero-order valence-corrected chi connectivity index (χ0v) is 13.9. The van der Waals surface area contributed by atoms with Crippen molar-refractivity contribution in [3.8, 4) is 0 Å². The van der Waals surface area contributed by atoms with Crippen molar-refractivity contribution in [2.24, 2.45) is 5.92 Å². The van der Waals surface area contributed by atoms with Crippen LogP contribution in [0.3, 0.4) is 0 Å². The Kier molecular flexibility index (Phi) is 10.4. The molecule has 2 heteroatoms. The number of hydrogen-bond donors (Lipinski definition) is 1. The standard InChI is InChI=1S/C18H32O2/c1-14(2)12-18(20)13-16(4)10-6-8-15(3)9-7-11-17(5)19/h9-10,14,17,19H,6-8,11-13H2,1-5H3/b15-9+,16-10+. The molecule has 116 valence electrons. The van der Waals surface area contributed by atoms with E-state index in [0.717, 1.165) is 25.7 Å². The van der Waals surface area contributed by atoms with Crippen LogP contribution in [-0.2, 0) is 4.79 Å². The summed E-state index contributed by atoms with van der Waals surface area (Å²) in [6.07, 6.45) is 9.27. The van der Waals surface area contributed by atoms with Crippen molar-refractivity contribution in [2.75, 3.05) is 0 Å². The molecular formula is C18H32O2. The Morgan fingerprint density at radius 3 is 2.20 bits per heavy atom. The summed E-state index contributed by atoms with van der Waals surface area (Å²) < 4.78 is 0. The lowest BCUT2D eigenvalue weighted by Crippen LogP contribution is -2.02. The van der Waals surface area contributed by atoms with Crippen molar-refractivity contribution in [2.45, 2.75) is 79.2 Å². The van der Waals surface area contributed by atoms with Crippen LogP contribution < -0.4 is 0 Å². The van der Waals surface area contributed by atoms with E-state index >= 15 is 0 Å². The summed E-state index contributed by atoms with van der Waals surface area (Å²) in [5.74, 6) is 0.798. The van der Waals surface area contributed by atoms with Gasteiger partial charge in [0.1, 0.15) is 5.78 Å². The van der Waals surface area contributed by atoms with Gasteiger partial charge in [0, 0.05) is 12.8 Å². The lowest BCUT2D eigenvalue weighted by atomic mass is 10.0. The first-order valence-corrected chi connectivity index (χ1v) is 7.82. The van der Waals surface area contributed by atoms with Crippen LogP contribution in [0.4, 0.5) is 0 Å². The highest BCUT2D eigenvalue weighted by atomic mass is 16.3. The third-order valence-corrected chi connectivity index (χ3v) is 3.22. The van der Waals surface area contributed by atoms with Crippen molar-refractivity contribution in [3.05, 3.63) is 23.3 Å². The second-order valence-corrected chi connectivity index (χ2v) is 6.38. The molecule has 0 aromatic carbocycles. The molecule has 1 atom stereocenters. The molecule has 0 amide bonds. The predicted molar refractivity (Wildman–Crippen MR) is 86.7 cm³/mol. The minimum Gasteiger partial charge on any atom is -0.393 e. The maximum atomic E-state index is 11.7. The van der Waals surface area contributed by atoms with Crippen molar-refractivity contribution >= 4 is 5.78 Å². The molecule has 0 saturated heterocycles. The SMILES string of the molecule is C/C(=C\CCC(C)O)CC/C=C(\C)CC(=O)CC(C)C. The second kappa shape index (κ2) is 10.8. The molecule has 0 aromatic rings. The van der Waals surface area contributed by atoms with Gasteiger partial charge in [-0.3, -0.25) is 4.79 Å². The van der Waals surface area contributed by atoms with E-state index in [1.54, 1.807) is 0 Å². The second-order valence-electron chi connectivity index (χ2n) is 6.38. The summed E-state index contributed by atoms with van der Waals surface area (Å²) in [7, 11) is 0. The molecule has 0 aliphatic rings. The molecule has 0 radical (unpaired) electrons. The largest absolute Gasteiger partial charge is 0.393 e. The van der Waals surface area contributed by atoms with Crippen molar-refractivity contribution in [1.82, 2.24) is 0 Å². The average Bonchev–Trinajstić information content (AvgIpc) is 2.26. The number of allylic oxidation sites excluding steroid dienone is 4. The van der Waals surface area contributed by atoms with Gasteiger partial charge in [0.2, 0.25) is 0 Å². The predicted octanol–water partition coefficient (Wildman–Crippen LogP) is 4.83. The van der Waals surface area contributed by atoms with Gasteiger partial charge in [-0.15, -0.1) is 0 Å². The van der Waals surface area contributed by atoms with Gasteiger partial charge in [-0.1, -0.05) is 37.1 Å². The minimum absolute atomic E-state index is 0.215. The van der Waals surface area contributed by atoms with Crippen LogP contribution in [0.2, 0.25) is 0 Å². The molecule has 0 aliphatic carbocycles. The van der Waals surface area contributed by atoms with Gasteiger partial charge in [-0.2, -0.15) is 0 Å². The molecule has 0 saturated carbocycles. The molecule has 0 spiro atoms.